The average Bonchev–Trinajstić information content (AvgIpc) is 2.63. The second-order valence-electron chi connectivity index (χ2n) is 9.28. The first kappa shape index (κ1) is 17.1. The molecule has 1 amide bonds. The molecular formula is C19H34N2O2. The van der Waals surface area contributed by atoms with E-state index in [1.54, 1.807) is 0 Å². The Labute approximate surface area is 141 Å². The number of carbonyl (C=O) groups excluding carboxylic acids is 1. The molecule has 132 valence electrons. The van der Waals surface area contributed by atoms with Crippen molar-refractivity contribution in [2.24, 2.45) is 11.8 Å². The summed E-state index contributed by atoms with van der Waals surface area (Å²) in [5, 5.41) is 3.87. The van der Waals surface area contributed by atoms with Gasteiger partial charge in [0.15, 0.2) is 0 Å². The van der Waals surface area contributed by atoms with Gasteiger partial charge < -0.3 is 15.0 Å². The molecule has 4 heteroatoms. The molecule has 3 fully saturated rings. The summed E-state index contributed by atoms with van der Waals surface area (Å²) in [4.78, 5) is 14.5. The highest BCUT2D eigenvalue weighted by Gasteiger charge is 2.45. The Hall–Kier alpha value is -0.770. The molecule has 0 aromatic carbocycles. The first-order chi connectivity index (χ1) is 10.7. The van der Waals surface area contributed by atoms with Gasteiger partial charge in [0.25, 0.3) is 0 Å². The SMILES string of the molecule is CC(C)C1CC(NC2CC3CCC(C2)N3C(=O)OC(C)(C)C)C1. The normalized spacial score (nSPS) is 37.0. The summed E-state index contributed by atoms with van der Waals surface area (Å²) in [5.74, 6) is 1.73. The molecule has 2 bridgehead atoms. The maximum Gasteiger partial charge on any atom is 0.410 e. The van der Waals surface area contributed by atoms with Crippen molar-refractivity contribution >= 4 is 6.09 Å². The second-order valence-corrected chi connectivity index (χ2v) is 9.28. The van der Waals surface area contributed by atoms with Crippen molar-refractivity contribution in [3.8, 4) is 0 Å². The van der Waals surface area contributed by atoms with Gasteiger partial charge in [0.05, 0.1) is 0 Å². The third-order valence-corrected chi connectivity index (χ3v) is 5.93. The van der Waals surface area contributed by atoms with Gasteiger partial charge in [-0.05, 0) is 71.1 Å². The second kappa shape index (κ2) is 6.27. The van der Waals surface area contributed by atoms with Crippen LogP contribution in [0.15, 0.2) is 0 Å². The molecule has 0 aromatic heterocycles. The van der Waals surface area contributed by atoms with Crippen molar-refractivity contribution in [1.82, 2.24) is 10.2 Å². The summed E-state index contributed by atoms with van der Waals surface area (Å²) in [5.41, 5.74) is -0.399. The van der Waals surface area contributed by atoms with Crippen LogP contribution in [0.25, 0.3) is 0 Å². The molecule has 2 heterocycles. The van der Waals surface area contributed by atoms with Crippen LogP contribution >= 0.6 is 0 Å². The van der Waals surface area contributed by atoms with Crippen LogP contribution in [0, 0.1) is 11.8 Å². The number of hydrogen-bond donors (Lipinski definition) is 1. The Morgan fingerprint density at radius 1 is 1.04 bits per heavy atom. The van der Waals surface area contributed by atoms with Crippen molar-refractivity contribution in [2.45, 2.75) is 103 Å². The molecule has 0 aromatic rings. The number of piperidine rings is 1. The van der Waals surface area contributed by atoms with Gasteiger partial charge in [0.1, 0.15) is 5.60 Å². The van der Waals surface area contributed by atoms with E-state index in [0.29, 0.717) is 24.2 Å². The first-order valence-electron chi connectivity index (χ1n) is 9.50. The van der Waals surface area contributed by atoms with E-state index < -0.39 is 5.60 Å². The van der Waals surface area contributed by atoms with Crippen LogP contribution < -0.4 is 5.32 Å². The van der Waals surface area contributed by atoms with Gasteiger partial charge in [-0.15, -0.1) is 0 Å². The zero-order valence-electron chi connectivity index (χ0n) is 15.5. The first-order valence-corrected chi connectivity index (χ1v) is 9.50. The van der Waals surface area contributed by atoms with Crippen LogP contribution in [0.5, 0.6) is 0 Å². The maximum atomic E-state index is 12.5. The minimum absolute atomic E-state index is 0.105. The van der Waals surface area contributed by atoms with Crippen molar-refractivity contribution in [2.75, 3.05) is 0 Å². The summed E-state index contributed by atoms with van der Waals surface area (Å²) >= 11 is 0. The third kappa shape index (κ3) is 3.84. The Morgan fingerprint density at radius 3 is 2.04 bits per heavy atom. The van der Waals surface area contributed by atoms with Gasteiger partial charge in [-0.3, -0.25) is 0 Å². The summed E-state index contributed by atoms with van der Waals surface area (Å²) in [6.07, 6.45) is 7.03. The number of ether oxygens (including phenoxy) is 1. The largest absolute Gasteiger partial charge is 0.444 e. The van der Waals surface area contributed by atoms with Gasteiger partial charge in [-0.1, -0.05) is 13.8 Å². The maximum absolute atomic E-state index is 12.5. The molecule has 2 atom stereocenters. The zero-order valence-corrected chi connectivity index (χ0v) is 15.5. The lowest BCUT2D eigenvalue weighted by Gasteiger charge is -2.44. The highest BCUT2D eigenvalue weighted by atomic mass is 16.6. The van der Waals surface area contributed by atoms with E-state index in [9.17, 15) is 4.79 Å². The smallest absolute Gasteiger partial charge is 0.410 e. The van der Waals surface area contributed by atoms with Crippen LogP contribution in [0.2, 0.25) is 0 Å². The molecule has 0 spiro atoms. The van der Waals surface area contributed by atoms with E-state index >= 15 is 0 Å². The molecule has 3 aliphatic rings. The lowest BCUT2D eigenvalue weighted by molar-refractivity contribution is 0.00299. The van der Waals surface area contributed by atoms with Crippen molar-refractivity contribution in [1.29, 1.82) is 0 Å². The molecular weight excluding hydrogens is 288 g/mol. The molecule has 3 rings (SSSR count). The monoisotopic (exact) mass is 322 g/mol. The van der Waals surface area contributed by atoms with Gasteiger partial charge in [-0.2, -0.15) is 0 Å². The molecule has 1 aliphatic carbocycles. The van der Waals surface area contributed by atoms with Crippen molar-refractivity contribution in [3.05, 3.63) is 0 Å². The highest BCUT2D eigenvalue weighted by molar-refractivity contribution is 5.69. The minimum Gasteiger partial charge on any atom is -0.444 e. The Morgan fingerprint density at radius 2 is 1.57 bits per heavy atom. The van der Waals surface area contributed by atoms with E-state index in [4.69, 9.17) is 4.74 Å². The molecule has 2 aliphatic heterocycles. The quantitative estimate of drug-likeness (QED) is 0.855. The van der Waals surface area contributed by atoms with Gasteiger partial charge in [0.2, 0.25) is 0 Å². The molecule has 23 heavy (non-hydrogen) atoms. The molecule has 0 radical (unpaired) electrons. The predicted octanol–water partition coefficient (Wildman–Crippen LogP) is 3.94. The predicted molar refractivity (Wildman–Crippen MR) is 92.4 cm³/mol. The standard InChI is InChI=1S/C19H34N2O2/c1-12(2)13-8-14(9-13)20-15-10-16-6-7-17(11-15)21(16)18(22)23-19(3,4)5/h12-17,20H,6-11H2,1-5H3. The molecule has 2 unspecified atom stereocenters. The zero-order chi connectivity index (χ0) is 16.8. The van der Waals surface area contributed by atoms with Gasteiger partial charge in [-0.25, -0.2) is 4.79 Å². The number of hydrogen-bond acceptors (Lipinski definition) is 3. The van der Waals surface area contributed by atoms with Crippen molar-refractivity contribution < 1.29 is 9.53 Å². The van der Waals surface area contributed by atoms with E-state index in [2.05, 4.69) is 19.2 Å². The fraction of sp³-hybridized carbons (Fsp3) is 0.947. The Kier molecular flexibility index (Phi) is 4.65. The van der Waals surface area contributed by atoms with Crippen LogP contribution in [0.1, 0.15) is 73.1 Å². The fourth-order valence-electron chi connectivity index (χ4n) is 4.60. The average molecular weight is 322 g/mol. The summed E-state index contributed by atoms with van der Waals surface area (Å²) < 4.78 is 5.61. The third-order valence-electron chi connectivity index (χ3n) is 5.93. The lowest BCUT2D eigenvalue weighted by Crippen LogP contribution is -2.56. The number of carbonyl (C=O) groups is 1. The number of fused-ring (bicyclic) bond motifs is 2. The van der Waals surface area contributed by atoms with Crippen LogP contribution in [-0.4, -0.2) is 40.8 Å². The number of amides is 1. The van der Waals surface area contributed by atoms with Crippen LogP contribution in [0.3, 0.4) is 0 Å². The summed E-state index contributed by atoms with van der Waals surface area (Å²) in [6, 6.07) is 2.05. The molecule has 2 saturated heterocycles. The fourth-order valence-corrected chi connectivity index (χ4v) is 4.60. The lowest BCUT2D eigenvalue weighted by atomic mass is 9.73. The number of nitrogens with one attached hydrogen (secondary N) is 1. The van der Waals surface area contributed by atoms with Gasteiger partial charge in [0, 0.05) is 24.2 Å². The molecule has 1 N–H and O–H groups in total. The minimum atomic E-state index is -0.399. The van der Waals surface area contributed by atoms with Crippen molar-refractivity contribution in [3.63, 3.8) is 0 Å². The molecule has 1 saturated carbocycles. The molecule has 4 nitrogen and oxygen atoms in total. The number of nitrogens with zero attached hydrogens (tertiary/aromatic N) is 1. The summed E-state index contributed by atoms with van der Waals surface area (Å²) in [7, 11) is 0. The topological polar surface area (TPSA) is 41.6 Å². The van der Waals surface area contributed by atoms with E-state index in [1.165, 1.54) is 12.8 Å². The van der Waals surface area contributed by atoms with Gasteiger partial charge >= 0.3 is 6.09 Å². The Bertz CT molecular complexity index is 423. The number of rotatable bonds is 3. The highest BCUT2D eigenvalue weighted by Crippen LogP contribution is 2.39. The Balaban J connectivity index is 1.50. The van der Waals surface area contributed by atoms with E-state index in [1.807, 2.05) is 25.7 Å². The van der Waals surface area contributed by atoms with Crippen LogP contribution in [-0.2, 0) is 4.74 Å². The van der Waals surface area contributed by atoms with Crippen LogP contribution in [0.4, 0.5) is 4.79 Å². The van der Waals surface area contributed by atoms with E-state index in [-0.39, 0.29) is 6.09 Å². The summed E-state index contributed by atoms with van der Waals surface area (Å²) in [6.45, 7) is 10.5. The van der Waals surface area contributed by atoms with E-state index in [0.717, 1.165) is 37.5 Å².